The molecule has 0 heterocycles. The second-order valence-corrected chi connectivity index (χ2v) is 5.62. The number of non-ortho nitro benzene ring substituents is 1. The third-order valence-electron chi connectivity index (χ3n) is 3.30. The van der Waals surface area contributed by atoms with Gasteiger partial charge in [-0.1, -0.05) is 0 Å². The Bertz CT molecular complexity index is 453. The SMILES string of the molecule is NCC1CCCC1Oc1ccc([N+](=O)[O-])cc1I. The molecular formula is C12H15IN2O3. The highest BCUT2D eigenvalue weighted by molar-refractivity contribution is 14.1. The van der Waals surface area contributed by atoms with Crippen molar-refractivity contribution in [2.45, 2.75) is 25.4 Å². The van der Waals surface area contributed by atoms with Gasteiger partial charge in [0.2, 0.25) is 0 Å². The molecule has 1 fully saturated rings. The Morgan fingerprint density at radius 3 is 2.89 bits per heavy atom. The third-order valence-corrected chi connectivity index (χ3v) is 4.14. The fraction of sp³-hybridized carbons (Fsp3) is 0.500. The third kappa shape index (κ3) is 2.92. The fourth-order valence-electron chi connectivity index (χ4n) is 2.29. The number of hydrogen-bond acceptors (Lipinski definition) is 4. The number of nitro groups is 1. The smallest absolute Gasteiger partial charge is 0.270 e. The molecule has 98 valence electrons. The first-order valence-electron chi connectivity index (χ1n) is 5.92. The fourth-order valence-corrected chi connectivity index (χ4v) is 2.92. The molecule has 1 aliphatic rings. The molecule has 2 unspecified atom stereocenters. The van der Waals surface area contributed by atoms with E-state index in [4.69, 9.17) is 10.5 Å². The molecule has 1 aromatic carbocycles. The van der Waals surface area contributed by atoms with Gasteiger partial charge >= 0.3 is 0 Å². The van der Waals surface area contributed by atoms with Crippen molar-refractivity contribution in [3.05, 3.63) is 31.9 Å². The van der Waals surface area contributed by atoms with E-state index in [2.05, 4.69) is 22.6 Å². The lowest BCUT2D eigenvalue weighted by Crippen LogP contribution is -2.27. The molecule has 0 amide bonds. The molecule has 6 heteroatoms. The molecule has 1 aliphatic carbocycles. The highest BCUT2D eigenvalue weighted by atomic mass is 127. The molecule has 0 radical (unpaired) electrons. The Morgan fingerprint density at radius 1 is 1.50 bits per heavy atom. The summed E-state index contributed by atoms with van der Waals surface area (Å²) in [5, 5.41) is 10.7. The van der Waals surface area contributed by atoms with E-state index in [-0.39, 0.29) is 11.8 Å². The van der Waals surface area contributed by atoms with Crippen LogP contribution < -0.4 is 10.5 Å². The summed E-state index contributed by atoms with van der Waals surface area (Å²) in [5.74, 6) is 1.11. The van der Waals surface area contributed by atoms with Gasteiger partial charge in [0.25, 0.3) is 5.69 Å². The zero-order valence-corrected chi connectivity index (χ0v) is 12.0. The van der Waals surface area contributed by atoms with Crippen LogP contribution in [-0.4, -0.2) is 17.6 Å². The molecule has 2 N–H and O–H groups in total. The lowest BCUT2D eigenvalue weighted by atomic mass is 10.1. The van der Waals surface area contributed by atoms with Gasteiger partial charge in [0.05, 0.1) is 8.49 Å². The number of halogens is 1. The average Bonchev–Trinajstić information content (AvgIpc) is 2.78. The molecule has 2 rings (SSSR count). The monoisotopic (exact) mass is 362 g/mol. The summed E-state index contributed by atoms with van der Waals surface area (Å²) in [6.45, 7) is 0.633. The first kappa shape index (κ1) is 13.5. The summed E-state index contributed by atoms with van der Waals surface area (Å²) in [7, 11) is 0. The summed E-state index contributed by atoms with van der Waals surface area (Å²) in [6, 6.07) is 4.68. The number of ether oxygens (including phenoxy) is 1. The number of hydrogen-bond donors (Lipinski definition) is 1. The van der Waals surface area contributed by atoms with Crippen LogP contribution >= 0.6 is 22.6 Å². The molecule has 2 atom stereocenters. The molecule has 18 heavy (non-hydrogen) atoms. The van der Waals surface area contributed by atoms with E-state index in [0.717, 1.165) is 22.8 Å². The van der Waals surface area contributed by atoms with Crippen molar-refractivity contribution in [3.63, 3.8) is 0 Å². The minimum atomic E-state index is -0.399. The van der Waals surface area contributed by atoms with Gasteiger partial charge < -0.3 is 10.5 Å². The van der Waals surface area contributed by atoms with Crippen LogP contribution in [0, 0.1) is 19.6 Å². The molecule has 5 nitrogen and oxygen atoms in total. The predicted molar refractivity (Wildman–Crippen MR) is 76.6 cm³/mol. The molecule has 1 aromatic rings. The maximum Gasteiger partial charge on any atom is 0.270 e. The summed E-state index contributed by atoms with van der Waals surface area (Å²) in [4.78, 5) is 10.3. The van der Waals surface area contributed by atoms with E-state index in [0.29, 0.717) is 18.2 Å². The van der Waals surface area contributed by atoms with Crippen molar-refractivity contribution in [1.82, 2.24) is 0 Å². The van der Waals surface area contributed by atoms with Gasteiger partial charge in [0, 0.05) is 18.1 Å². The van der Waals surface area contributed by atoms with Crippen LogP contribution in [0.1, 0.15) is 19.3 Å². The van der Waals surface area contributed by atoms with Crippen molar-refractivity contribution in [2.75, 3.05) is 6.54 Å². The van der Waals surface area contributed by atoms with Crippen molar-refractivity contribution in [1.29, 1.82) is 0 Å². The average molecular weight is 362 g/mol. The van der Waals surface area contributed by atoms with Crippen LogP contribution in [0.3, 0.4) is 0 Å². The van der Waals surface area contributed by atoms with Gasteiger partial charge in [-0.2, -0.15) is 0 Å². The Morgan fingerprint density at radius 2 is 2.28 bits per heavy atom. The first-order valence-corrected chi connectivity index (χ1v) is 7.00. The lowest BCUT2D eigenvalue weighted by molar-refractivity contribution is -0.385. The maximum absolute atomic E-state index is 10.7. The Hall–Kier alpha value is -0.890. The van der Waals surface area contributed by atoms with Crippen molar-refractivity contribution < 1.29 is 9.66 Å². The molecule has 0 spiro atoms. The van der Waals surface area contributed by atoms with Gasteiger partial charge in [0.1, 0.15) is 11.9 Å². The normalized spacial score (nSPS) is 23.0. The molecule has 0 aliphatic heterocycles. The molecule has 1 saturated carbocycles. The van der Waals surface area contributed by atoms with E-state index >= 15 is 0 Å². The Balaban J connectivity index is 2.12. The van der Waals surface area contributed by atoms with Crippen molar-refractivity contribution in [2.24, 2.45) is 11.7 Å². The van der Waals surface area contributed by atoms with Crippen LogP contribution in [0.4, 0.5) is 5.69 Å². The number of nitrogens with zero attached hydrogens (tertiary/aromatic N) is 1. The Labute approximate surface area is 119 Å². The maximum atomic E-state index is 10.7. The molecule has 0 saturated heterocycles. The van der Waals surface area contributed by atoms with Gasteiger partial charge in [-0.05, 0) is 54.5 Å². The first-order chi connectivity index (χ1) is 8.61. The van der Waals surface area contributed by atoms with Crippen LogP contribution in [-0.2, 0) is 0 Å². The van der Waals surface area contributed by atoms with Crippen molar-refractivity contribution >= 4 is 28.3 Å². The summed E-state index contributed by atoms with van der Waals surface area (Å²) >= 11 is 2.06. The number of nitrogens with two attached hydrogens (primary N) is 1. The van der Waals surface area contributed by atoms with Gasteiger partial charge in [0.15, 0.2) is 0 Å². The second kappa shape index (κ2) is 5.83. The van der Waals surface area contributed by atoms with Gasteiger partial charge in [-0.25, -0.2) is 0 Å². The lowest BCUT2D eigenvalue weighted by Gasteiger charge is -2.20. The van der Waals surface area contributed by atoms with E-state index in [1.165, 1.54) is 12.1 Å². The second-order valence-electron chi connectivity index (χ2n) is 4.45. The van der Waals surface area contributed by atoms with Crippen LogP contribution in [0.15, 0.2) is 18.2 Å². The quantitative estimate of drug-likeness (QED) is 0.508. The standard InChI is InChI=1S/C12H15IN2O3/c13-10-6-9(15(16)17)4-5-12(10)18-11-3-1-2-8(11)7-14/h4-6,8,11H,1-3,7,14H2. The molecular weight excluding hydrogens is 347 g/mol. The van der Waals surface area contributed by atoms with Gasteiger partial charge in [-0.3, -0.25) is 10.1 Å². The topological polar surface area (TPSA) is 78.4 Å². The molecule has 0 bridgehead atoms. The number of rotatable bonds is 4. The van der Waals surface area contributed by atoms with E-state index < -0.39 is 4.92 Å². The molecule has 0 aromatic heterocycles. The largest absolute Gasteiger partial charge is 0.489 e. The Kier molecular flexibility index (Phi) is 4.39. The minimum absolute atomic E-state index is 0.0912. The summed E-state index contributed by atoms with van der Waals surface area (Å²) in [6.07, 6.45) is 3.39. The van der Waals surface area contributed by atoms with Crippen LogP contribution in [0.25, 0.3) is 0 Å². The zero-order valence-electron chi connectivity index (χ0n) is 9.84. The number of nitro benzene ring substituents is 1. The van der Waals surface area contributed by atoms with Crippen LogP contribution in [0.5, 0.6) is 5.75 Å². The summed E-state index contributed by atoms with van der Waals surface area (Å²) in [5.41, 5.74) is 5.80. The minimum Gasteiger partial charge on any atom is -0.489 e. The van der Waals surface area contributed by atoms with Gasteiger partial charge in [-0.15, -0.1) is 0 Å². The highest BCUT2D eigenvalue weighted by Crippen LogP contribution is 2.32. The highest BCUT2D eigenvalue weighted by Gasteiger charge is 2.28. The van der Waals surface area contributed by atoms with E-state index in [1.807, 2.05) is 0 Å². The van der Waals surface area contributed by atoms with Crippen molar-refractivity contribution in [3.8, 4) is 5.75 Å². The van der Waals surface area contributed by atoms with E-state index in [1.54, 1.807) is 6.07 Å². The van der Waals surface area contributed by atoms with E-state index in [9.17, 15) is 10.1 Å². The van der Waals surface area contributed by atoms with Crippen LogP contribution in [0.2, 0.25) is 0 Å². The zero-order chi connectivity index (χ0) is 13.1. The number of benzene rings is 1. The predicted octanol–water partition coefficient (Wildman–Crippen LogP) is 2.71. The summed E-state index contributed by atoms with van der Waals surface area (Å²) < 4.78 is 6.70.